The van der Waals surface area contributed by atoms with Gasteiger partial charge in [-0.15, -0.1) is 0 Å². The standard InChI is InChI=1S/C31H22N2/c1-21-7-6-12-26(17-21)29-20-30(27-15-13-22-8-2-4-10-24(22)18-27)33-31(32-29)28-16-14-23-9-3-5-11-25(23)19-28/h2-20H,1H3. The summed E-state index contributed by atoms with van der Waals surface area (Å²) in [6.07, 6.45) is 0. The summed E-state index contributed by atoms with van der Waals surface area (Å²) in [5.74, 6) is 0.739. The van der Waals surface area contributed by atoms with Gasteiger partial charge >= 0.3 is 0 Å². The van der Waals surface area contributed by atoms with E-state index >= 15 is 0 Å². The Kier molecular flexibility index (Phi) is 4.70. The second-order valence-electron chi connectivity index (χ2n) is 8.46. The molecule has 0 aliphatic carbocycles. The summed E-state index contributed by atoms with van der Waals surface area (Å²) in [4.78, 5) is 10.0. The number of aryl methyl sites for hydroxylation is 1. The highest BCUT2D eigenvalue weighted by Crippen LogP contribution is 2.30. The van der Waals surface area contributed by atoms with Gasteiger partial charge in [-0.05, 0) is 52.7 Å². The Morgan fingerprint density at radius 2 is 0.970 bits per heavy atom. The number of fused-ring (bicyclic) bond motifs is 2. The highest BCUT2D eigenvalue weighted by atomic mass is 14.9. The minimum absolute atomic E-state index is 0.739. The number of nitrogens with zero attached hydrogens (tertiary/aromatic N) is 2. The Hall–Kier alpha value is -4.30. The maximum absolute atomic E-state index is 5.02. The van der Waals surface area contributed by atoms with Crippen LogP contribution < -0.4 is 0 Å². The summed E-state index contributed by atoms with van der Waals surface area (Å²) >= 11 is 0. The lowest BCUT2D eigenvalue weighted by atomic mass is 10.0. The van der Waals surface area contributed by atoms with Gasteiger partial charge in [0, 0.05) is 16.7 Å². The van der Waals surface area contributed by atoms with Crippen LogP contribution in [0.5, 0.6) is 0 Å². The molecule has 0 fully saturated rings. The van der Waals surface area contributed by atoms with Crippen LogP contribution in [-0.4, -0.2) is 9.97 Å². The number of hydrogen-bond acceptors (Lipinski definition) is 2. The second-order valence-corrected chi connectivity index (χ2v) is 8.46. The van der Waals surface area contributed by atoms with Crippen molar-refractivity contribution in [1.82, 2.24) is 9.97 Å². The molecule has 0 N–H and O–H groups in total. The molecule has 0 aliphatic rings. The molecule has 0 amide bonds. The summed E-state index contributed by atoms with van der Waals surface area (Å²) < 4.78 is 0. The SMILES string of the molecule is Cc1cccc(-c2cc(-c3ccc4ccccc4c3)nc(-c3ccc4ccccc4c3)n2)c1. The van der Waals surface area contributed by atoms with Crippen molar-refractivity contribution in [2.45, 2.75) is 6.92 Å². The van der Waals surface area contributed by atoms with Crippen LogP contribution in [-0.2, 0) is 0 Å². The third kappa shape index (κ3) is 3.77. The number of rotatable bonds is 3. The van der Waals surface area contributed by atoms with E-state index in [9.17, 15) is 0 Å². The van der Waals surface area contributed by atoms with Gasteiger partial charge in [0.2, 0.25) is 0 Å². The Morgan fingerprint density at radius 3 is 1.61 bits per heavy atom. The van der Waals surface area contributed by atoms with Crippen molar-refractivity contribution < 1.29 is 0 Å². The molecular formula is C31H22N2. The van der Waals surface area contributed by atoms with Crippen LogP contribution >= 0.6 is 0 Å². The molecule has 0 bridgehead atoms. The zero-order chi connectivity index (χ0) is 22.2. The first kappa shape index (κ1) is 19.4. The van der Waals surface area contributed by atoms with E-state index in [1.54, 1.807) is 0 Å². The fourth-order valence-electron chi connectivity index (χ4n) is 4.35. The molecule has 1 heterocycles. The summed E-state index contributed by atoms with van der Waals surface area (Å²) in [5, 5.41) is 4.83. The van der Waals surface area contributed by atoms with Crippen LogP contribution in [0.2, 0.25) is 0 Å². The highest BCUT2D eigenvalue weighted by molar-refractivity contribution is 5.89. The highest BCUT2D eigenvalue weighted by Gasteiger charge is 2.12. The Balaban J connectivity index is 1.57. The van der Waals surface area contributed by atoms with Gasteiger partial charge in [-0.3, -0.25) is 0 Å². The van der Waals surface area contributed by atoms with Crippen LogP contribution in [0.25, 0.3) is 55.4 Å². The van der Waals surface area contributed by atoms with Crippen molar-refractivity contribution in [2.75, 3.05) is 0 Å². The van der Waals surface area contributed by atoms with Gasteiger partial charge in [-0.1, -0.05) is 96.6 Å². The number of benzene rings is 5. The first-order valence-electron chi connectivity index (χ1n) is 11.2. The van der Waals surface area contributed by atoms with Crippen LogP contribution in [0, 0.1) is 6.92 Å². The molecule has 0 atom stereocenters. The average molecular weight is 423 g/mol. The van der Waals surface area contributed by atoms with Crippen LogP contribution in [0.4, 0.5) is 0 Å². The predicted molar refractivity (Wildman–Crippen MR) is 138 cm³/mol. The predicted octanol–water partition coefficient (Wildman–Crippen LogP) is 8.09. The molecule has 156 valence electrons. The van der Waals surface area contributed by atoms with Crippen molar-refractivity contribution in [3.63, 3.8) is 0 Å². The lowest BCUT2D eigenvalue weighted by molar-refractivity contribution is 1.18. The largest absolute Gasteiger partial charge is 0.228 e. The zero-order valence-electron chi connectivity index (χ0n) is 18.4. The van der Waals surface area contributed by atoms with Crippen molar-refractivity contribution >= 4 is 21.5 Å². The minimum atomic E-state index is 0.739. The monoisotopic (exact) mass is 422 g/mol. The van der Waals surface area contributed by atoms with Gasteiger partial charge in [0.1, 0.15) is 0 Å². The van der Waals surface area contributed by atoms with E-state index in [-0.39, 0.29) is 0 Å². The maximum Gasteiger partial charge on any atom is 0.160 e. The Morgan fingerprint density at radius 1 is 0.424 bits per heavy atom. The molecule has 0 spiro atoms. The Bertz CT molecular complexity index is 1530. The van der Waals surface area contributed by atoms with E-state index in [1.165, 1.54) is 27.1 Å². The van der Waals surface area contributed by atoms with Gasteiger partial charge < -0.3 is 0 Å². The van der Waals surface area contributed by atoms with Gasteiger partial charge in [0.15, 0.2) is 5.82 Å². The number of aromatic nitrogens is 2. The van der Waals surface area contributed by atoms with Crippen LogP contribution in [0.1, 0.15) is 5.56 Å². The molecule has 5 aromatic carbocycles. The van der Waals surface area contributed by atoms with Crippen LogP contribution in [0.3, 0.4) is 0 Å². The second kappa shape index (κ2) is 7.99. The summed E-state index contributed by atoms with van der Waals surface area (Å²) in [6.45, 7) is 2.11. The van der Waals surface area contributed by atoms with Crippen LogP contribution in [0.15, 0.2) is 115 Å². The van der Waals surface area contributed by atoms with Gasteiger partial charge in [-0.25, -0.2) is 9.97 Å². The van der Waals surface area contributed by atoms with E-state index in [1.807, 2.05) is 0 Å². The molecule has 6 aromatic rings. The summed E-state index contributed by atoms with van der Waals surface area (Å²) in [6, 6.07) is 40.4. The van der Waals surface area contributed by atoms with E-state index in [0.29, 0.717) is 0 Å². The summed E-state index contributed by atoms with van der Waals surface area (Å²) in [7, 11) is 0. The van der Waals surface area contributed by atoms with Crippen molar-refractivity contribution in [3.8, 4) is 33.9 Å². The molecule has 0 saturated carbocycles. The van der Waals surface area contributed by atoms with E-state index in [2.05, 4.69) is 122 Å². The fraction of sp³-hybridized carbons (Fsp3) is 0.0323. The topological polar surface area (TPSA) is 25.8 Å². The third-order valence-corrected chi connectivity index (χ3v) is 6.09. The maximum atomic E-state index is 5.02. The fourth-order valence-corrected chi connectivity index (χ4v) is 4.35. The molecule has 2 nitrogen and oxygen atoms in total. The van der Waals surface area contributed by atoms with E-state index in [0.717, 1.165) is 33.9 Å². The normalized spacial score (nSPS) is 11.2. The first-order valence-corrected chi connectivity index (χ1v) is 11.2. The van der Waals surface area contributed by atoms with Gasteiger partial charge in [0.25, 0.3) is 0 Å². The van der Waals surface area contributed by atoms with Gasteiger partial charge in [0.05, 0.1) is 11.4 Å². The Labute approximate surface area is 193 Å². The smallest absolute Gasteiger partial charge is 0.160 e. The van der Waals surface area contributed by atoms with Crippen molar-refractivity contribution in [2.24, 2.45) is 0 Å². The average Bonchev–Trinajstić information content (AvgIpc) is 2.88. The van der Waals surface area contributed by atoms with E-state index < -0.39 is 0 Å². The van der Waals surface area contributed by atoms with E-state index in [4.69, 9.17) is 9.97 Å². The van der Waals surface area contributed by atoms with Crippen molar-refractivity contribution in [1.29, 1.82) is 0 Å². The molecule has 0 unspecified atom stereocenters. The molecule has 0 aliphatic heterocycles. The quantitative estimate of drug-likeness (QED) is 0.288. The molecule has 33 heavy (non-hydrogen) atoms. The number of hydrogen-bond donors (Lipinski definition) is 0. The molecule has 0 saturated heterocycles. The molecule has 0 radical (unpaired) electrons. The molecule has 2 heteroatoms. The zero-order valence-corrected chi connectivity index (χ0v) is 18.4. The lowest BCUT2D eigenvalue weighted by Crippen LogP contribution is -1.96. The van der Waals surface area contributed by atoms with Gasteiger partial charge in [-0.2, -0.15) is 0 Å². The lowest BCUT2D eigenvalue weighted by Gasteiger charge is -2.11. The summed E-state index contributed by atoms with van der Waals surface area (Å²) in [5.41, 5.74) is 6.28. The molecule has 1 aromatic heterocycles. The molecule has 6 rings (SSSR count). The first-order chi connectivity index (χ1) is 16.2. The third-order valence-electron chi connectivity index (χ3n) is 6.09. The molecular weight excluding hydrogens is 400 g/mol. The minimum Gasteiger partial charge on any atom is -0.228 e. The van der Waals surface area contributed by atoms with Crippen molar-refractivity contribution in [3.05, 3.63) is 121 Å².